The number of hydrogen-bond acceptors (Lipinski definition) is 5. The highest BCUT2D eigenvalue weighted by molar-refractivity contribution is 5.83. The van der Waals surface area contributed by atoms with E-state index in [2.05, 4.69) is 15.1 Å². The quantitative estimate of drug-likeness (QED) is 0.829. The van der Waals surface area contributed by atoms with Crippen molar-refractivity contribution in [1.29, 1.82) is 0 Å². The molecule has 100 valence electrons. The van der Waals surface area contributed by atoms with Crippen LogP contribution in [-0.4, -0.2) is 49.7 Å². The Bertz CT molecular complexity index is 569. The fourth-order valence-corrected chi connectivity index (χ4v) is 1.54. The van der Waals surface area contributed by atoms with Crippen LogP contribution in [0.2, 0.25) is 0 Å². The molecule has 0 aliphatic heterocycles. The zero-order chi connectivity index (χ0) is 13.8. The zero-order valence-electron chi connectivity index (χ0n) is 10.3. The predicted molar refractivity (Wildman–Crippen MR) is 66.8 cm³/mol. The molecule has 2 heterocycles. The summed E-state index contributed by atoms with van der Waals surface area (Å²) in [7, 11) is 1.37. The molecule has 0 aliphatic carbocycles. The van der Waals surface area contributed by atoms with Crippen LogP contribution in [0, 0.1) is 0 Å². The molecule has 8 heteroatoms. The van der Waals surface area contributed by atoms with Gasteiger partial charge in [0.25, 0.3) is 0 Å². The van der Waals surface area contributed by atoms with Crippen molar-refractivity contribution in [3.63, 3.8) is 0 Å². The van der Waals surface area contributed by atoms with Crippen LogP contribution in [0.1, 0.15) is 0 Å². The van der Waals surface area contributed by atoms with Gasteiger partial charge in [0.1, 0.15) is 0 Å². The Kier molecular flexibility index (Phi) is 3.71. The van der Waals surface area contributed by atoms with E-state index in [0.717, 1.165) is 10.5 Å². The molecule has 0 bridgehead atoms. The monoisotopic (exact) mass is 263 g/mol. The lowest BCUT2D eigenvalue weighted by Crippen LogP contribution is -2.27. The minimum absolute atomic E-state index is 0.153. The molecule has 2 aromatic rings. The second kappa shape index (κ2) is 5.44. The third-order valence-electron chi connectivity index (χ3n) is 2.49. The molecule has 2 aromatic heterocycles. The third-order valence-corrected chi connectivity index (χ3v) is 2.49. The molecule has 0 spiro atoms. The maximum Gasteiger partial charge on any atom is 0.413 e. The lowest BCUT2D eigenvalue weighted by atomic mass is 10.3. The van der Waals surface area contributed by atoms with Gasteiger partial charge in [0.2, 0.25) is 5.95 Å². The maximum atomic E-state index is 11.0. The van der Waals surface area contributed by atoms with Crippen molar-refractivity contribution in [2.75, 3.05) is 18.6 Å². The highest BCUT2D eigenvalue weighted by Gasteiger charge is 2.18. The molecule has 19 heavy (non-hydrogen) atoms. The Labute approximate surface area is 109 Å². The Morgan fingerprint density at radius 1 is 1.42 bits per heavy atom. The minimum atomic E-state index is -1.15. The first-order valence-corrected chi connectivity index (χ1v) is 5.56. The number of hydrogen-bond donors (Lipinski definition) is 2. The van der Waals surface area contributed by atoms with Crippen LogP contribution in [0.4, 0.5) is 10.7 Å². The molecule has 2 N–H and O–H groups in total. The molecular weight excluding hydrogens is 250 g/mol. The van der Waals surface area contributed by atoms with Crippen molar-refractivity contribution in [3.8, 4) is 11.4 Å². The van der Waals surface area contributed by atoms with E-state index in [0.29, 0.717) is 5.82 Å². The van der Waals surface area contributed by atoms with Gasteiger partial charge in [0, 0.05) is 25.0 Å². The third kappa shape index (κ3) is 2.68. The largest absolute Gasteiger partial charge is 0.465 e. The van der Waals surface area contributed by atoms with Crippen molar-refractivity contribution in [3.05, 3.63) is 24.5 Å². The van der Waals surface area contributed by atoms with Gasteiger partial charge in [-0.15, -0.1) is 5.10 Å². The number of carboxylic acid groups (broad SMARTS) is 1. The standard InChI is InChI=1S/C11H13N5O3/c1-15(11(18)19)10-13-9(14-16(10)6-7-17)8-2-4-12-5-3-8/h2-5,17H,6-7H2,1H3,(H,18,19). The van der Waals surface area contributed by atoms with E-state index in [1.807, 2.05) is 0 Å². The van der Waals surface area contributed by atoms with Crippen LogP contribution < -0.4 is 4.90 Å². The number of pyridine rings is 1. The van der Waals surface area contributed by atoms with Crippen LogP contribution in [0.15, 0.2) is 24.5 Å². The van der Waals surface area contributed by atoms with E-state index in [1.54, 1.807) is 24.5 Å². The van der Waals surface area contributed by atoms with Gasteiger partial charge in [0.15, 0.2) is 5.82 Å². The summed E-state index contributed by atoms with van der Waals surface area (Å²) in [5.41, 5.74) is 0.728. The van der Waals surface area contributed by atoms with Gasteiger partial charge < -0.3 is 10.2 Å². The number of anilines is 1. The summed E-state index contributed by atoms with van der Waals surface area (Å²) in [4.78, 5) is 20.0. The van der Waals surface area contributed by atoms with E-state index in [9.17, 15) is 4.79 Å². The predicted octanol–water partition coefficient (Wildman–Crippen LogP) is 0.447. The summed E-state index contributed by atoms with van der Waals surface area (Å²) in [6, 6.07) is 3.45. The molecule has 0 saturated heterocycles. The first-order valence-electron chi connectivity index (χ1n) is 5.56. The molecule has 1 amide bonds. The van der Waals surface area contributed by atoms with Crippen LogP contribution in [0.5, 0.6) is 0 Å². The normalized spacial score (nSPS) is 10.4. The van der Waals surface area contributed by atoms with E-state index >= 15 is 0 Å². The average Bonchev–Trinajstić information content (AvgIpc) is 2.83. The van der Waals surface area contributed by atoms with Gasteiger partial charge in [0.05, 0.1) is 13.2 Å². The maximum absolute atomic E-state index is 11.0. The van der Waals surface area contributed by atoms with Crippen LogP contribution in [0.25, 0.3) is 11.4 Å². The van der Waals surface area contributed by atoms with Crippen LogP contribution in [-0.2, 0) is 6.54 Å². The number of amides is 1. The number of aromatic nitrogens is 4. The van der Waals surface area contributed by atoms with Gasteiger partial charge in [-0.3, -0.25) is 4.98 Å². The lowest BCUT2D eigenvalue weighted by Gasteiger charge is -2.11. The smallest absolute Gasteiger partial charge is 0.413 e. The summed E-state index contributed by atoms with van der Waals surface area (Å²) >= 11 is 0. The highest BCUT2D eigenvalue weighted by atomic mass is 16.4. The van der Waals surface area contributed by atoms with Gasteiger partial charge in [-0.2, -0.15) is 4.98 Å². The number of rotatable bonds is 4. The fraction of sp³-hybridized carbons (Fsp3) is 0.273. The molecule has 0 radical (unpaired) electrons. The van der Waals surface area contributed by atoms with Crippen LogP contribution >= 0.6 is 0 Å². The SMILES string of the molecule is CN(C(=O)O)c1nc(-c2ccncc2)nn1CCO. The lowest BCUT2D eigenvalue weighted by molar-refractivity contribution is 0.202. The van der Waals surface area contributed by atoms with Crippen LogP contribution in [0.3, 0.4) is 0 Å². The van der Waals surface area contributed by atoms with Crippen molar-refractivity contribution >= 4 is 12.0 Å². The Morgan fingerprint density at radius 3 is 2.68 bits per heavy atom. The van der Waals surface area contributed by atoms with E-state index in [1.165, 1.54) is 11.7 Å². The summed E-state index contributed by atoms with van der Waals surface area (Å²) in [5.74, 6) is 0.548. The first kappa shape index (κ1) is 13.0. The minimum Gasteiger partial charge on any atom is -0.465 e. The molecule has 0 aromatic carbocycles. The summed E-state index contributed by atoms with van der Waals surface area (Å²) in [5, 5.41) is 22.1. The molecule has 0 unspecified atom stereocenters. The molecule has 0 fully saturated rings. The van der Waals surface area contributed by atoms with Crippen molar-refractivity contribution in [2.24, 2.45) is 0 Å². The second-order valence-electron chi connectivity index (χ2n) is 3.76. The molecular formula is C11H13N5O3. The summed E-state index contributed by atoms with van der Waals surface area (Å²) in [6.45, 7) is 0.0185. The van der Waals surface area contributed by atoms with Gasteiger partial charge in [-0.1, -0.05) is 0 Å². The van der Waals surface area contributed by atoms with Gasteiger partial charge >= 0.3 is 6.09 Å². The highest BCUT2D eigenvalue weighted by Crippen LogP contribution is 2.18. The molecule has 2 rings (SSSR count). The van der Waals surface area contributed by atoms with Crippen molar-refractivity contribution in [2.45, 2.75) is 6.54 Å². The van der Waals surface area contributed by atoms with Crippen molar-refractivity contribution < 1.29 is 15.0 Å². The number of nitrogens with zero attached hydrogens (tertiary/aromatic N) is 5. The fourth-order valence-electron chi connectivity index (χ4n) is 1.54. The summed E-state index contributed by atoms with van der Waals surface area (Å²) < 4.78 is 1.35. The van der Waals surface area contributed by atoms with Gasteiger partial charge in [-0.05, 0) is 12.1 Å². The second-order valence-corrected chi connectivity index (χ2v) is 3.76. The first-order chi connectivity index (χ1) is 9.13. The Hall–Kier alpha value is -2.48. The summed E-state index contributed by atoms with van der Waals surface area (Å²) in [6.07, 6.45) is 2.05. The van der Waals surface area contributed by atoms with E-state index < -0.39 is 6.09 Å². The number of aliphatic hydroxyl groups excluding tert-OH is 1. The number of aliphatic hydroxyl groups is 1. The number of carbonyl (C=O) groups is 1. The zero-order valence-corrected chi connectivity index (χ0v) is 10.3. The molecule has 0 aliphatic rings. The van der Waals surface area contributed by atoms with Gasteiger partial charge in [-0.25, -0.2) is 14.4 Å². The molecule has 8 nitrogen and oxygen atoms in total. The Morgan fingerprint density at radius 2 is 2.11 bits per heavy atom. The van der Waals surface area contributed by atoms with E-state index in [-0.39, 0.29) is 19.1 Å². The average molecular weight is 263 g/mol. The molecule has 0 saturated carbocycles. The Balaban J connectivity index is 2.43. The topological polar surface area (TPSA) is 104 Å². The van der Waals surface area contributed by atoms with Crippen molar-refractivity contribution in [1.82, 2.24) is 19.7 Å². The molecule has 0 atom stereocenters. The van der Waals surface area contributed by atoms with E-state index in [4.69, 9.17) is 10.2 Å².